The number of anilines is 2. The Hall–Kier alpha value is -2.57. The highest BCUT2D eigenvalue weighted by molar-refractivity contribution is 6.02. The molecule has 2 aromatic heterocycles. The fourth-order valence-corrected chi connectivity index (χ4v) is 1.12. The molecule has 0 aliphatic heterocycles. The van der Waals surface area contributed by atoms with E-state index < -0.39 is 11.7 Å². The maximum absolute atomic E-state index is 13.2. The van der Waals surface area contributed by atoms with E-state index in [9.17, 15) is 9.18 Å². The van der Waals surface area contributed by atoms with Gasteiger partial charge in [-0.15, -0.1) is 0 Å². The molecule has 0 fully saturated rings. The van der Waals surface area contributed by atoms with Gasteiger partial charge in [0, 0.05) is 6.20 Å². The van der Waals surface area contributed by atoms with Crippen LogP contribution in [0.1, 0.15) is 10.5 Å². The molecule has 0 aliphatic rings. The van der Waals surface area contributed by atoms with E-state index in [2.05, 4.69) is 20.3 Å². The van der Waals surface area contributed by atoms with E-state index in [1.165, 1.54) is 24.7 Å². The molecule has 0 bridgehead atoms. The van der Waals surface area contributed by atoms with Crippen molar-refractivity contribution in [3.63, 3.8) is 0 Å². The van der Waals surface area contributed by atoms with E-state index in [0.29, 0.717) is 0 Å². The molecule has 2 heterocycles. The molecule has 17 heavy (non-hydrogen) atoms. The van der Waals surface area contributed by atoms with Crippen LogP contribution in [0.5, 0.6) is 0 Å². The lowest BCUT2D eigenvalue weighted by Crippen LogP contribution is -2.15. The second kappa shape index (κ2) is 4.52. The van der Waals surface area contributed by atoms with E-state index in [4.69, 9.17) is 5.73 Å². The number of halogens is 1. The minimum atomic E-state index is -0.621. The molecule has 7 heteroatoms. The van der Waals surface area contributed by atoms with Crippen LogP contribution in [0.4, 0.5) is 15.9 Å². The van der Waals surface area contributed by atoms with Crippen molar-refractivity contribution in [2.24, 2.45) is 0 Å². The first kappa shape index (κ1) is 10.9. The first-order valence-corrected chi connectivity index (χ1v) is 4.65. The SMILES string of the molecule is Nc1cnc(C(=O)Nc2ccncc2F)cn1. The summed E-state index contributed by atoms with van der Waals surface area (Å²) < 4.78 is 13.2. The number of carbonyl (C=O) groups is 1. The van der Waals surface area contributed by atoms with Gasteiger partial charge in [-0.3, -0.25) is 9.78 Å². The summed E-state index contributed by atoms with van der Waals surface area (Å²) in [5.41, 5.74) is 5.41. The average Bonchev–Trinajstić information content (AvgIpc) is 2.33. The second-order valence-corrected chi connectivity index (χ2v) is 3.14. The van der Waals surface area contributed by atoms with Gasteiger partial charge in [-0.25, -0.2) is 14.4 Å². The fourth-order valence-electron chi connectivity index (χ4n) is 1.12. The number of hydrogen-bond donors (Lipinski definition) is 2. The van der Waals surface area contributed by atoms with Crippen molar-refractivity contribution < 1.29 is 9.18 Å². The van der Waals surface area contributed by atoms with Gasteiger partial charge in [0.25, 0.3) is 5.91 Å². The van der Waals surface area contributed by atoms with Gasteiger partial charge in [0.15, 0.2) is 5.82 Å². The number of aromatic nitrogens is 3. The Bertz CT molecular complexity index is 543. The molecule has 0 aromatic carbocycles. The fraction of sp³-hybridized carbons (Fsp3) is 0. The Morgan fingerprint density at radius 2 is 2.12 bits per heavy atom. The van der Waals surface area contributed by atoms with Gasteiger partial charge in [0.1, 0.15) is 11.5 Å². The number of nitrogens with one attached hydrogen (secondary N) is 1. The molecule has 0 saturated heterocycles. The summed E-state index contributed by atoms with van der Waals surface area (Å²) in [6, 6.07) is 1.35. The lowest BCUT2D eigenvalue weighted by Gasteiger charge is -2.04. The average molecular weight is 233 g/mol. The van der Waals surface area contributed by atoms with Gasteiger partial charge in [-0.2, -0.15) is 0 Å². The Morgan fingerprint density at radius 3 is 2.76 bits per heavy atom. The van der Waals surface area contributed by atoms with Crippen LogP contribution in [-0.2, 0) is 0 Å². The number of rotatable bonds is 2. The van der Waals surface area contributed by atoms with E-state index in [-0.39, 0.29) is 17.2 Å². The molecule has 0 unspecified atom stereocenters. The van der Waals surface area contributed by atoms with Crippen LogP contribution in [0.3, 0.4) is 0 Å². The number of hydrogen-bond acceptors (Lipinski definition) is 5. The highest BCUT2D eigenvalue weighted by atomic mass is 19.1. The van der Waals surface area contributed by atoms with Gasteiger partial charge >= 0.3 is 0 Å². The summed E-state index contributed by atoms with van der Waals surface area (Å²) in [6.07, 6.45) is 4.83. The molecule has 86 valence electrons. The van der Waals surface area contributed by atoms with Crippen LogP contribution < -0.4 is 11.1 Å². The molecule has 2 aromatic rings. The van der Waals surface area contributed by atoms with Crippen molar-refractivity contribution in [3.8, 4) is 0 Å². The Morgan fingerprint density at radius 1 is 1.29 bits per heavy atom. The molecule has 0 spiro atoms. The van der Waals surface area contributed by atoms with E-state index >= 15 is 0 Å². The molecule has 0 aliphatic carbocycles. The number of nitrogen functional groups attached to an aromatic ring is 1. The molecule has 1 amide bonds. The summed E-state index contributed by atoms with van der Waals surface area (Å²) in [5.74, 6) is -0.983. The quantitative estimate of drug-likeness (QED) is 0.801. The van der Waals surface area contributed by atoms with Crippen LogP contribution >= 0.6 is 0 Å². The Kier molecular flexibility index (Phi) is 2.91. The molecular formula is C10H8FN5O. The van der Waals surface area contributed by atoms with Crippen LogP contribution in [0.15, 0.2) is 30.9 Å². The zero-order chi connectivity index (χ0) is 12.3. The van der Waals surface area contributed by atoms with Gasteiger partial charge in [-0.05, 0) is 6.07 Å². The van der Waals surface area contributed by atoms with Crippen LogP contribution in [0.2, 0.25) is 0 Å². The maximum Gasteiger partial charge on any atom is 0.275 e. The zero-order valence-electron chi connectivity index (χ0n) is 8.59. The third kappa shape index (κ3) is 2.51. The first-order valence-electron chi connectivity index (χ1n) is 4.65. The highest BCUT2D eigenvalue weighted by Crippen LogP contribution is 2.11. The number of nitrogens with zero attached hydrogens (tertiary/aromatic N) is 3. The van der Waals surface area contributed by atoms with E-state index in [1.54, 1.807) is 0 Å². The number of amides is 1. The Balaban J connectivity index is 2.17. The minimum absolute atomic E-state index is 0.0311. The van der Waals surface area contributed by atoms with E-state index in [0.717, 1.165) is 6.20 Å². The summed E-state index contributed by atoms with van der Waals surface area (Å²) in [7, 11) is 0. The molecular weight excluding hydrogens is 225 g/mol. The van der Waals surface area contributed by atoms with Gasteiger partial charge in [0.05, 0.1) is 24.3 Å². The number of carbonyl (C=O) groups excluding carboxylic acids is 1. The van der Waals surface area contributed by atoms with Crippen molar-refractivity contribution in [2.45, 2.75) is 0 Å². The van der Waals surface area contributed by atoms with Crippen molar-refractivity contribution >= 4 is 17.4 Å². The highest BCUT2D eigenvalue weighted by Gasteiger charge is 2.10. The van der Waals surface area contributed by atoms with Crippen LogP contribution in [-0.4, -0.2) is 20.9 Å². The summed E-state index contributed by atoms with van der Waals surface area (Å²) in [4.78, 5) is 22.7. The third-order valence-electron chi connectivity index (χ3n) is 1.93. The Labute approximate surface area is 95.7 Å². The normalized spacial score (nSPS) is 9.94. The van der Waals surface area contributed by atoms with Gasteiger partial charge < -0.3 is 11.1 Å². The monoisotopic (exact) mass is 233 g/mol. The molecule has 2 rings (SSSR count). The zero-order valence-corrected chi connectivity index (χ0v) is 8.59. The van der Waals surface area contributed by atoms with E-state index in [1.807, 2.05) is 0 Å². The largest absolute Gasteiger partial charge is 0.382 e. The third-order valence-corrected chi connectivity index (χ3v) is 1.93. The maximum atomic E-state index is 13.2. The molecule has 0 radical (unpaired) electrons. The second-order valence-electron chi connectivity index (χ2n) is 3.14. The van der Waals surface area contributed by atoms with Crippen LogP contribution in [0.25, 0.3) is 0 Å². The van der Waals surface area contributed by atoms with Crippen molar-refractivity contribution in [1.29, 1.82) is 0 Å². The summed E-state index contributed by atoms with van der Waals surface area (Å²) in [6.45, 7) is 0. The minimum Gasteiger partial charge on any atom is -0.382 e. The summed E-state index contributed by atoms with van der Waals surface area (Å²) in [5, 5.41) is 2.35. The van der Waals surface area contributed by atoms with Gasteiger partial charge in [0.2, 0.25) is 0 Å². The number of nitrogens with two attached hydrogens (primary N) is 1. The van der Waals surface area contributed by atoms with Crippen molar-refractivity contribution in [1.82, 2.24) is 15.0 Å². The molecule has 0 saturated carbocycles. The lowest BCUT2D eigenvalue weighted by atomic mass is 10.3. The predicted molar refractivity (Wildman–Crippen MR) is 58.6 cm³/mol. The summed E-state index contributed by atoms with van der Waals surface area (Å²) >= 11 is 0. The predicted octanol–water partition coefficient (Wildman–Crippen LogP) is 0.845. The molecule has 0 atom stereocenters. The van der Waals surface area contributed by atoms with Crippen molar-refractivity contribution in [2.75, 3.05) is 11.1 Å². The molecule has 3 N–H and O–H groups in total. The lowest BCUT2D eigenvalue weighted by molar-refractivity contribution is 0.102. The van der Waals surface area contributed by atoms with Crippen molar-refractivity contribution in [3.05, 3.63) is 42.4 Å². The number of pyridine rings is 1. The van der Waals surface area contributed by atoms with Gasteiger partial charge in [-0.1, -0.05) is 0 Å². The standard InChI is InChI=1S/C10H8FN5O/c11-6-3-13-2-1-7(6)16-10(17)8-4-15-9(12)5-14-8/h1-5H,(H2,12,15)(H,13,16,17). The molecule has 6 nitrogen and oxygen atoms in total. The smallest absolute Gasteiger partial charge is 0.275 e. The topological polar surface area (TPSA) is 93.8 Å². The van der Waals surface area contributed by atoms with Crippen LogP contribution in [0, 0.1) is 5.82 Å². The first-order chi connectivity index (χ1) is 8.16.